The molecule has 8 heterocycles. The van der Waals surface area contributed by atoms with E-state index in [1.807, 2.05) is 27.1 Å². The summed E-state index contributed by atoms with van der Waals surface area (Å²) < 4.78 is 35.8. The molecule has 140 heavy (non-hydrogen) atoms. The zero-order valence-electron chi connectivity index (χ0n) is 104. The lowest BCUT2D eigenvalue weighted by molar-refractivity contribution is -0.137. The summed E-state index contributed by atoms with van der Waals surface area (Å²) in [5, 5.41) is 21.7. The standard InChI is InChI=1S/C14H27NO.C13H25N.C13H26O2S.C13H22O2.C13H24.C12H23NO.C12H23N.C11H22N2.C11H22O2.C10H21N3/c1-13(2,3)11-9-10(16)7-8-15-12(11)14(4,5)6;1-9-8-10(12(2,3)4)11(14-9)13(5,6)7;1-12(2,3)10-8-7-9-16(14,15)11(10)13(4,5)6;1-12(2,3)8-7-9(14)11(15)10(8)13(4,5)6;1-12(2,3)10-8-7-9-11(10)13(4,5)6;1-11(2,3)8-7-9(14)13-10(8)12(4,5)6;1-11(2,3)9-7-8-13-10(9)12(4,5)6;2*1-10(2,3)8-9(11(4,5)6)13-7-12-8;1-9(2,3)7-8(10(4,5)6)12-13-11-7/h11-12,15H,7-9H2,1-6H3;10-11,14H,1,8H2,2-7H3;10-11H,7-9H2,1-6H3;8,10H,7H2,1-6H3;7-8,10-11H,9H2,1-6H3;8,10H,7H2,1-6H3,(H,13,14);8-10H,7H2,1-6H3;7-9H,1-6H3,(H,12,13);8-9H,7H2,1-6H3;7-8H,1-6H3,(H,11,12). The number of carbonyl (C=O) groups is 4. The monoisotopic (exact) mass is 1990 g/mol. The zero-order chi connectivity index (χ0) is 111. The summed E-state index contributed by atoms with van der Waals surface area (Å²) >= 11 is 0. The van der Waals surface area contributed by atoms with Crippen LogP contribution in [0.25, 0.3) is 0 Å². The third kappa shape index (κ3) is 42.3. The minimum absolute atomic E-state index is 0.0275. The molecule has 822 valence electrons. The summed E-state index contributed by atoms with van der Waals surface area (Å²) in [7, 11) is -2.91. The number of ketones is 3. The van der Waals surface area contributed by atoms with Crippen LogP contribution < -0.4 is 26.7 Å². The average molecular weight is 1990 g/mol. The molecule has 17 nitrogen and oxygen atoms in total. The van der Waals surface area contributed by atoms with E-state index in [2.05, 4.69) is 467 Å². The highest BCUT2D eigenvalue weighted by molar-refractivity contribution is 7.92. The number of allylic oxidation sites excluding steroid dienone is 3. The van der Waals surface area contributed by atoms with Gasteiger partial charge < -0.3 is 30.7 Å². The Bertz CT molecular complexity index is 3750. The van der Waals surface area contributed by atoms with Crippen LogP contribution in [0.15, 0.2) is 44.8 Å². The zero-order valence-corrected chi connectivity index (χ0v) is 104. The number of sulfone groups is 1. The van der Waals surface area contributed by atoms with Gasteiger partial charge in [-0.15, -0.1) is 0 Å². The molecule has 18 heteroatoms. The van der Waals surface area contributed by atoms with E-state index in [9.17, 15) is 27.6 Å². The second kappa shape index (κ2) is 48.4. The molecule has 8 aliphatic heterocycles. The molecular formula is C122H235N9O8S. The second-order valence-electron chi connectivity index (χ2n) is 65.7. The summed E-state index contributed by atoms with van der Waals surface area (Å²) in [6.07, 6.45) is 17.2. The maximum absolute atomic E-state index is 12.3. The summed E-state index contributed by atoms with van der Waals surface area (Å²) in [6, 6.07) is 3.32. The minimum atomic E-state index is -2.91. The molecule has 1 amide bonds. The van der Waals surface area contributed by atoms with Crippen LogP contribution in [0.5, 0.6) is 0 Å². The number of nitrogens with one attached hydrogen (secondary N) is 5. The molecule has 10 rings (SSSR count). The molecule has 0 aromatic rings. The van der Waals surface area contributed by atoms with Gasteiger partial charge in [0.25, 0.3) is 0 Å². The van der Waals surface area contributed by atoms with Crippen molar-refractivity contribution in [2.75, 3.05) is 19.1 Å². The number of Topliss-reactive ketones (excluding diaryl/α,β-unsaturated/α-hetero) is 3. The number of nitrogens with zero attached hydrogens (tertiary/aromatic N) is 4. The third-order valence-corrected chi connectivity index (χ3v) is 33.7. The van der Waals surface area contributed by atoms with E-state index >= 15 is 0 Å². The number of carbonyl (C=O) groups excluding carboxylic acids is 4. The molecule has 0 aromatic heterocycles. The second-order valence-corrected chi connectivity index (χ2v) is 67.9. The van der Waals surface area contributed by atoms with Crippen molar-refractivity contribution in [2.24, 2.45) is 182 Å². The van der Waals surface area contributed by atoms with E-state index in [-0.39, 0.29) is 135 Å². The lowest BCUT2D eigenvalue weighted by Gasteiger charge is -2.45. The van der Waals surface area contributed by atoms with E-state index in [1.54, 1.807) is 0 Å². The summed E-state index contributed by atoms with van der Waals surface area (Å²) in [4.78, 5) is 55.8. The SMILES string of the molecule is C=C1CC(C(C)(C)C)C(C(C)(C)C)N1.CC(C)(C)C1C=CCC1C(C)(C)C.CC(C)(C)C1CC(=O)C(=O)C1C(C)(C)C.CC(C)(C)C1CC(=O)CCNC1C(C)(C)C.CC(C)(C)C1CC(=O)NC1C(C)(C)C.CC(C)(C)C1CC=NC1C(C)(C)C.CC(C)(C)C1CCCS(=O)(=O)C1C(C)(C)C.CC(C)(C)C1N=CNC1C(C)(C)C.CC(C)(C)C1N=NNC1C(C)(C)C.CC(C)(C)C1OCOC1C(C)(C)C. The van der Waals surface area contributed by atoms with Gasteiger partial charge in [0.05, 0.1) is 59.8 Å². The van der Waals surface area contributed by atoms with Gasteiger partial charge in [0.2, 0.25) is 11.7 Å². The van der Waals surface area contributed by atoms with Crippen LogP contribution in [0.3, 0.4) is 0 Å². The summed E-state index contributed by atoms with van der Waals surface area (Å²) in [5.74, 6) is 4.94. The van der Waals surface area contributed by atoms with Crippen molar-refractivity contribution in [3.63, 3.8) is 0 Å². The van der Waals surface area contributed by atoms with Crippen molar-refractivity contribution in [1.82, 2.24) is 26.7 Å². The van der Waals surface area contributed by atoms with Gasteiger partial charge in [-0.25, -0.2) is 8.42 Å². The molecule has 0 aromatic carbocycles. The predicted molar refractivity (Wildman–Crippen MR) is 605 cm³/mol. The molecule has 2 aliphatic carbocycles. The number of hydrogen-bond donors (Lipinski definition) is 5. The van der Waals surface area contributed by atoms with Gasteiger partial charge in [-0.2, -0.15) is 5.11 Å². The van der Waals surface area contributed by atoms with Gasteiger partial charge in [0, 0.05) is 62.0 Å². The highest BCUT2D eigenvalue weighted by atomic mass is 32.2. The molecule has 5 saturated heterocycles. The number of amides is 1. The molecule has 0 spiro atoms. The van der Waals surface area contributed by atoms with E-state index in [0.29, 0.717) is 136 Å². The number of aliphatic imine (C=N–C) groups is 2. The van der Waals surface area contributed by atoms with E-state index < -0.39 is 9.84 Å². The van der Waals surface area contributed by atoms with Crippen molar-refractivity contribution in [3.05, 3.63) is 24.4 Å². The molecule has 0 radical (unpaired) electrons. The van der Waals surface area contributed by atoms with E-state index in [1.165, 1.54) is 12.1 Å². The molecule has 5 N–H and O–H groups in total. The van der Waals surface area contributed by atoms with Gasteiger partial charge in [-0.05, 0) is 194 Å². The topological polar surface area (TPSA) is 230 Å². The Morgan fingerprint density at radius 2 is 0.750 bits per heavy atom. The Balaban J connectivity index is 0.000000778. The Kier molecular flexibility index (Phi) is 46.4. The quantitative estimate of drug-likeness (QED) is 0.113. The smallest absolute Gasteiger partial charge is 0.220 e. The largest absolute Gasteiger partial charge is 0.385 e. The Morgan fingerprint density at radius 3 is 1.06 bits per heavy atom. The normalized spacial score (nSPS) is 29.6. The summed E-state index contributed by atoms with van der Waals surface area (Å²) in [6.45, 7) is 139. The van der Waals surface area contributed by atoms with Crippen molar-refractivity contribution < 1.29 is 37.1 Å². The first-order valence-corrected chi connectivity index (χ1v) is 56.3. The highest BCUT2D eigenvalue weighted by Crippen LogP contribution is 2.53. The maximum atomic E-state index is 12.3. The van der Waals surface area contributed by atoms with Crippen LogP contribution >= 0.6 is 0 Å². The Labute approximate surface area is 868 Å². The molecule has 20 unspecified atom stereocenters. The third-order valence-electron chi connectivity index (χ3n) is 31.1. The number of ether oxygens (including phenoxy) is 2. The van der Waals surface area contributed by atoms with Crippen LogP contribution in [0.1, 0.15) is 473 Å². The molecular weight excluding hydrogens is 1750 g/mol. The molecule has 20 atom stereocenters. The van der Waals surface area contributed by atoms with Gasteiger partial charge in [-0.1, -0.05) is 439 Å². The lowest BCUT2D eigenvalue weighted by Crippen LogP contribution is -2.49. The van der Waals surface area contributed by atoms with Crippen LogP contribution in [0.4, 0.5) is 0 Å². The van der Waals surface area contributed by atoms with Gasteiger partial charge in [-0.3, -0.25) is 34.6 Å². The molecule has 0 bridgehead atoms. The van der Waals surface area contributed by atoms with Crippen LogP contribution in [0.2, 0.25) is 0 Å². The van der Waals surface area contributed by atoms with Crippen molar-refractivity contribution >= 4 is 45.6 Å². The van der Waals surface area contributed by atoms with Crippen molar-refractivity contribution in [1.29, 1.82) is 0 Å². The maximum Gasteiger partial charge on any atom is 0.220 e. The van der Waals surface area contributed by atoms with Crippen molar-refractivity contribution in [2.45, 2.75) is 539 Å². The Morgan fingerprint density at radius 1 is 0.357 bits per heavy atom. The van der Waals surface area contributed by atoms with Gasteiger partial charge in [0.1, 0.15) is 12.6 Å². The fourth-order valence-electron chi connectivity index (χ4n) is 22.8. The number of hydrogen-bond acceptors (Lipinski definition) is 16. The fraction of sp³-hybridized carbons (Fsp3) is 0.918. The minimum Gasteiger partial charge on any atom is -0.385 e. The van der Waals surface area contributed by atoms with Gasteiger partial charge >= 0.3 is 0 Å². The fourth-order valence-corrected chi connectivity index (χ4v) is 25.8. The summed E-state index contributed by atoms with van der Waals surface area (Å²) in [5.41, 5.74) is 8.40. The van der Waals surface area contributed by atoms with Crippen LogP contribution in [0, 0.1) is 162 Å². The first kappa shape index (κ1) is 134. The molecule has 6 fully saturated rings. The van der Waals surface area contributed by atoms with E-state index in [0.717, 1.165) is 50.5 Å². The van der Waals surface area contributed by atoms with Crippen LogP contribution in [-0.4, -0.2) is 129 Å². The first-order valence-electron chi connectivity index (χ1n) is 54.6. The average Bonchev–Trinajstić information content (AvgIpc) is 1.28. The van der Waals surface area contributed by atoms with E-state index in [4.69, 9.17) is 9.47 Å². The first-order chi connectivity index (χ1) is 61.5. The Hall–Kier alpha value is -3.87. The van der Waals surface area contributed by atoms with Gasteiger partial charge in [0.15, 0.2) is 15.6 Å². The predicted octanol–water partition coefficient (Wildman–Crippen LogP) is 31.2. The highest BCUT2D eigenvalue weighted by Gasteiger charge is 2.55. The van der Waals surface area contributed by atoms with Crippen LogP contribution in [-0.2, 0) is 38.5 Å². The van der Waals surface area contributed by atoms with Crippen molar-refractivity contribution in [3.8, 4) is 0 Å². The number of rotatable bonds is 0. The molecule has 10 aliphatic rings. The molecule has 1 saturated carbocycles. The lowest BCUT2D eigenvalue weighted by atomic mass is 9.66.